The second-order valence-corrected chi connectivity index (χ2v) is 6.92. The first kappa shape index (κ1) is 21.7. The molecule has 0 atom stereocenters. The molecule has 10 heteroatoms. The maximum atomic E-state index is 14.1. The molecule has 1 N–H and O–H groups in total. The Morgan fingerprint density at radius 1 is 1.17 bits per heavy atom. The zero-order valence-corrected chi connectivity index (χ0v) is 16.4. The molecule has 158 valence electrons. The fourth-order valence-corrected chi connectivity index (χ4v) is 3.26. The van der Waals surface area contributed by atoms with Gasteiger partial charge in [0.05, 0.1) is 12.2 Å². The van der Waals surface area contributed by atoms with Crippen molar-refractivity contribution in [3.63, 3.8) is 0 Å². The van der Waals surface area contributed by atoms with Crippen molar-refractivity contribution in [3.05, 3.63) is 64.9 Å². The number of alkyl halides is 3. The first-order valence-electron chi connectivity index (χ1n) is 8.63. The summed E-state index contributed by atoms with van der Waals surface area (Å²) in [6, 6.07) is 8.62. The van der Waals surface area contributed by atoms with Gasteiger partial charge >= 0.3 is 6.18 Å². The van der Waals surface area contributed by atoms with Crippen LogP contribution in [0.15, 0.2) is 47.8 Å². The molecular weight excluding hydrogens is 424 g/mol. The first-order chi connectivity index (χ1) is 14.3. The third kappa shape index (κ3) is 5.33. The van der Waals surface area contributed by atoms with Gasteiger partial charge in [-0.25, -0.2) is 9.37 Å². The highest BCUT2D eigenvalue weighted by Crippen LogP contribution is 2.33. The summed E-state index contributed by atoms with van der Waals surface area (Å²) in [6.07, 6.45) is -4.48. The van der Waals surface area contributed by atoms with Crippen molar-refractivity contribution in [3.8, 4) is 16.3 Å². The Hall–Kier alpha value is -2.98. The largest absolute Gasteiger partial charge is 0.488 e. The van der Waals surface area contributed by atoms with Crippen LogP contribution < -0.4 is 10.1 Å². The molecule has 0 unspecified atom stereocenters. The number of methoxy groups -OCH3 is 1. The third-order valence-corrected chi connectivity index (χ3v) is 4.80. The molecule has 0 radical (unpaired) electrons. The number of thiazole rings is 1. The van der Waals surface area contributed by atoms with Crippen molar-refractivity contribution in [1.82, 2.24) is 4.98 Å². The second-order valence-electron chi connectivity index (χ2n) is 6.06. The smallest absolute Gasteiger partial charge is 0.416 e. The number of hydrogen-bond acceptors (Lipinski definition) is 5. The molecule has 0 aliphatic carbocycles. The summed E-state index contributed by atoms with van der Waals surface area (Å²) in [5.74, 6) is -1.26. The van der Waals surface area contributed by atoms with E-state index in [1.165, 1.54) is 36.8 Å². The number of benzene rings is 2. The highest BCUT2D eigenvalue weighted by molar-refractivity contribution is 7.13. The van der Waals surface area contributed by atoms with Crippen molar-refractivity contribution >= 4 is 22.9 Å². The Labute approximate surface area is 173 Å². The molecule has 2 aromatic carbocycles. The van der Waals surface area contributed by atoms with Crippen molar-refractivity contribution in [1.29, 1.82) is 0 Å². The minimum atomic E-state index is -4.48. The lowest BCUT2D eigenvalue weighted by atomic mass is 10.1. The first-order valence-corrected chi connectivity index (χ1v) is 9.51. The summed E-state index contributed by atoms with van der Waals surface area (Å²) in [7, 11) is 1.50. The molecule has 5 nitrogen and oxygen atoms in total. The van der Waals surface area contributed by atoms with E-state index in [4.69, 9.17) is 9.47 Å². The number of nitrogens with one attached hydrogen (secondary N) is 1. The van der Waals surface area contributed by atoms with E-state index < -0.39 is 23.5 Å². The van der Waals surface area contributed by atoms with Crippen molar-refractivity contribution in [2.75, 3.05) is 25.6 Å². The quantitative estimate of drug-likeness (QED) is 0.403. The van der Waals surface area contributed by atoms with Gasteiger partial charge < -0.3 is 14.8 Å². The zero-order valence-electron chi connectivity index (χ0n) is 15.6. The molecule has 0 aliphatic heterocycles. The van der Waals surface area contributed by atoms with E-state index in [0.29, 0.717) is 6.61 Å². The van der Waals surface area contributed by atoms with Crippen LogP contribution in [-0.4, -0.2) is 31.2 Å². The number of ether oxygens (including phenoxy) is 2. The van der Waals surface area contributed by atoms with Gasteiger partial charge in [-0.2, -0.15) is 13.2 Å². The van der Waals surface area contributed by atoms with Gasteiger partial charge in [-0.05, 0) is 24.3 Å². The van der Waals surface area contributed by atoms with E-state index in [-0.39, 0.29) is 34.3 Å². The van der Waals surface area contributed by atoms with E-state index in [1.807, 2.05) is 0 Å². The average molecular weight is 440 g/mol. The molecule has 1 heterocycles. The Balaban J connectivity index is 1.71. The van der Waals surface area contributed by atoms with E-state index in [1.54, 1.807) is 0 Å². The Kier molecular flexibility index (Phi) is 6.68. The average Bonchev–Trinajstić information content (AvgIpc) is 3.20. The molecule has 1 aromatic heterocycles. The van der Waals surface area contributed by atoms with Gasteiger partial charge in [0.15, 0.2) is 11.6 Å². The highest BCUT2D eigenvalue weighted by atomic mass is 32.1. The predicted molar refractivity (Wildman–Crippen MR) is 104 cm³/mol. The Bertz CT molecular complexity index is 1040. The van der Waals surface area contributed by atoms with Crippen LogP contribution in [-0.2, 0) is 10.9 Å². The number of hydrogen-bond donors (Lipinski definition) is 1. The Morgan fingerprint density at radius 2 is 1.97 bits per heavy atom. The number of amides is 1. The molecule has 1 amide bonds. The summed E-state index contributed by atoms with van der Waals surface area (Å²) in [5, 5.41) is 4.18. The molecule has 30 heavy (non-hydrogen) atoms. The third-order valence-electron chi connectivity index (χ3n) is 3.91. The SMILES string of the molecule is COCCOc1ccc(NC(=O)c2csc(-c3cccc(C(F)(F)F)c3)n2)cc1F. The number of aromatic nitrogens is 1. The topological polar surface area (TPSA) is 60.5 Å². The van der Waals surface area contributed by atoms with E-state index >= 15 is 0 Å². The van der Waals surface area contributed by atoms with Crippen LogP contribution >= 0.6 is 11.3 Å². The molecule has 0 aliphatic rings. The lowest BCUT2D eigenvalue weighted by Crippen LogP contribution is -2.12. The van der Waals surface area contributed by atoms with Gasteiger partial charge in [0.2, 0.25) is 0 Å². The second kappa shape index (κ2) is 9.23. The van der Waals surface area contributed by atoms with Crippen molar-refractivity contribution in [2.45, 2.75) is 6.18 Å². The normalized spacial score (nSPS) is 11.4. The number of carbonyl (C=O) groups excluding carboxylic acids is 1. The number of anilines is 1. The molecule has 0 fully saturated rings. The summed E-state index contributed by atoms with van der Waals surface area (Å²) in [6.45, 7) is 0.478. The minimum Gasteiger partial charge on any atom is -0.488 e. The lowest BCUT2D eigenvalue weighted by Gasteiger charge is -2.09. The molecule has 0 spiro atoms. The van der Waals surface area contributed by atoms with Gasteiger partial charge in [-0.15, -0.1) is 11.3 Å². The van der Waals surface area contributed by atoms with Gasteiger partial charge in [-0.3, -0.25) is 4.79 Å². The van der Waals surface area contributed by atoms with Crippen LogP contribution in [0, 0.1) is 5.82 Å². The number of halogens is 4. The standard InChI is InChI=1S/C20H16F4N2O3S/c1-28-7-8-29-17-6-5-14(10-15(17)21)25-18(27)16-11-30-19(26-16)12-3-2-4-13(9-12)20(22,23)24/h2-6,9-11H,7-8H2,1H3,(H,25,27). The number of rotatable bonds is 7. The van der Waals surface area contributed by atoms with Gasteiger partial charge in [0.25, 0.3) is 5.91 Å². The monoisotopic (exact) mass is 440 g/mol. The van der Waals surface area contributed by atoms with Crippen LogP contribution in [0.1, 0.15) is 16.1 Å². The molecule has 3 rings (SSSR count). The predicted octanol–water partition coefficient (Wildman–Crippen LogP) is 5.25. The highest BCUT2D eigenvalue weighted by Gasteiger charge is 2.30. The van der Waals surface area contributed by atoms with Gasteiger partial charge in [0.1, 0.15) is 17.3 Å². The van der Waals surface area contributed by atoms with E-state index in [0.717, 1.165) is 29.5 Å². The Morgan fingerprint density at radius 3 is 2.67 bits per heavy atom. The molecular formula is C20H16F4N2O3S. The number of carbonyl (C=O) groups is 1. The molecule has 3 aromatic rings. The van der Waals surface area contributed by atoms with Gasteiger partial charge in [0, 0.05) is 29.8 Å². The summed E-state index contributed by atoms with van der Waals surface area (Å²) in [5.41, 5.74) is -0.361. The summed E-state index contributed by atoms with van der Waals surface area (Å²) < 4.78 is 62.7. The van der Waals surface area contributed by atoms with Crippen molar-refractivity contribution < 1.29 is 31.8 Å². The zero-order chi connectivity index (χ0) is 21.7. The maximum absolute atomic E-state index is 14.1. The summed E-state index contributed by atoms with van der Waals surface area (Å²) in [4.78, 5) is 16.5. The maximum Gasteiger partial charge on any atom is 0.416 e. The minimum absolute atomic E-state index is 0.00763. The fraction of sp³-hybridized carbons (Fsp3) is 0.200. The fourth-order valence-electron chi connectivity index (χ4n) is 2.46. The molecule has 0 bridgehead atoms. The van der Waals surface area contributed by atoms with E-state index in [2.05, 4.69) is 10.3 Å². The van der Waals surface area contributed by atoms with Crippen LogP contribution in [0.5, 0.6) is 5.75 Å². The molecule has 0 saturated carbocycles. The van der Waals surface area contributed by atoms with Crippen LogP contribution in [0.4, 0.5) is 23.2 Å². The number of nitrogens with zero attached hydrogens (tertiary/aromatic N) is 1. The van der Waals surface area contributed by atoms with Crippen LogP contribution in [0.2, 0.25) is 0 Å². The van der Waals surface area contributed by atoms with Crippen LogP contribution in [0.3, 0.4) is 0 Å². The molecule has 0 saturated heterocycles. The van der Waals surface area contributed by atoms with Gasteiger partial charge in [-0.1, -0.05) is 12.1 Å². The van der Waals surface area contributed by atoms with E-state index in [9.17, 15) is 22.4 Å². The lowest BCUT2D eigenvalue weighted by molar-refractivity contribution is -0.137. The van der Waals surface area contributed by atoms with Crippen molar-refractivity contribution in [2.24, 2.45) is 0 Å². The summed E-state index contributed by atoms with van der Waals surface area (Å²) >= 11 is 1.03. The van der Waals surface area contributed by atoms with Crippen LogP contribution in [0.25, 0.3) is 10.6 Å².